The number of pyridine rings is 2. The zero-order valence-corrected chi connectivity index (χ0v) is 19.1. The molecule has 2 aromatic heterocycles. The van der Waals surface area contributed by atoms with Gasteiger partial charge in [-0.15, -0.1) is 0 Å². The maximum atomic E-state index is 11.6. The summed E-state index contributed by atoms with van der Waals surface area (Å²) in [6.07, 6.45) is 8.79. The number of aldehydes is 1. The standard InChI is InChI=1S/C28H17ClN4O2/c29-26-11-23(17-34)28(35-18-20-10-19(13-30)15-32-16-20)12-22(26)6-7-27-25(14-31)24(8-9-33-27)21-4-2-1-3-5-21/h1-12,15-17H,18H2/b7-6+. The van der Waals surface area contributed by atoms with Crippen LogP contribution in [-0.2, 0) is 6.61 Å². The summed E-state index contributed by atoms with van der Waals surface area (Å²) in [6.45, 7) is 0.118. The molecule has 0 aliphatic heterocycles. The number of aromatic nitrogens is 2. The molecule has 2 heterocycles. The van der Waals surface area contributed by atoms with Crippen molar-refractivity contribution in [3.05, 3.63) is 112 Å². The first-order valence-electron chi connectivity index (χ1n) is 10.5. The van der Waals surface area contributed by atoms with Gasteiger partial charge in [0.15, 0.2) is 6.29 Å². The van der Waals surface area contributed by atoms with Crippen molar-refractivity contribution in [3.8, 4) is 29.0 Å². The average molecular weight is 477 g/mol. The van der Waals surface area contributed by atoms with Gasteiger partial charge in [-0.3, -0.25) is 14.8 Å². The van der Waals surface area contributed by atoms with Gasteiger partial charge in [0.2, 0.25) is 0 Å². The molecule has 4 aromatic rings. The van der Waals surface area contributed by atoms with Crippen molar-refractivity contribution in [3.63, 3.8) is 0 Å². The molecule has 168 valence electrons. The number of carbonyl (C=O) groups excluding carboxylic acids is 1. The van der Waals surface area contributed by atoms with Crippen LogP contribution in [0.5, 0.6) is 5.75 Å². The number of halogens is 1. The summed E-state index contributed by atoms with van der Waals surface area (Å²) in [6, 6.07) is 20.5. The minimum absolute atomic E-state index is 0.118. The molecule has 35 heavy (non-hydrogen) atoms. The summed E-state index contributed by atoms with van der Waals surface area (Å²) in [7, 11) is 0. The molecule has 0 fully saturated rings. The monoisotopic (exact) mass is 476 g/mol. The Balaban J connectivity index is 1.65. The smallest absolute Gasteiger partial charge is 0.153 e. The number of benzene rings is 2. The molecular weight excluding hydrogens is 460 g/mol. The van der Waals surface area contributed by atoms with Crippen LogP contribution in [-0.4, -0.2) is 16.3 Å². The van der Waals surface area contributed by atoms with Crippen LogP contribution in [0, 0.1) is 22.7 Å². The molecule has 0 amide bonds. The summed E-state index contributed by atoms with van der Waals surface area (Å²) in [4.78, 5) is 19.9. The first kappa shape index (κ1) is 23.4. The number of carbonyl (C=O) groups is 1. The molecule has 2 aromatic carbocycles. The highest BCUT2D eigenvalue weighted by Gasteiger charge is 2.12. The van der Waals surface area contributed by atoms with Crippen molar-refractivity contribution in [2.24, 2.45) is 0 Å². The lowest BCUT2D eigenvalue weighted by molar-refractivity contribution is 0.111. The molecule has 0 aliphatic rings. The molecule has 4 rings (SSSR count). The van der Waals surface area contributed by atoms with Gasteiger partial charge in [-0.1, -0.05) is 48.0 Å². The first-order valence-corrected chi connectivity index (χ1v) is 10.9. The molecule has 0 saturated heterocycles. The van der Waals surface area contributed by atoms with Gasteiger partial charge in [0.25, 0.3) is 0 Å². The van der Waals surface area contributed by atoms with Crippen LogP contribution >= 0.6 is 11.6 Å². The van der Waals surface area contributed by atoms with E-state index in [2.05, 4.69) is 16.0 Å². The quantitative estimate of drug-likeness (QED) is 0.299. The molecular formula is C28H17ClN4O2. The largest absolute Gasteiger partial charge is 0.488 e. The lowest BCUT2D eigenvalue weighted by Crippen LogP contribution is -2.00. The SMILES string of the molecule is N#Cc1cncc(COc2cc(/C=C/c3nccc(-c4ccccc4)c3C#N)c(Cl)cc2C=O)c1. The van der Waals surface area contributed by atoms with Crippen LogP contribution in [0.25, 0.3) is 23.3 Å². The second kappa shape index (κ2) is 10.9. The van der Waals surface area contributed by atoms with Gasteiger partial charge in [-0.2, -0.15) is 10.5 Å². The lowest BCUT2D eigenvalue weighted by atomic mass is 9.99. The third-order valence-corrected chi connectivity index (χ3v) is 5.50. The summed E-state index contributed by atoms with van der Waals surface area (Å²) < 4.78 is 5.84. The van der Waals surface area contributed by atoms with E-state index >= 15 is 0 Å². The van der Waals surface area contributed by atoms with Gasteiger partial charge in [-0.25, -0.2) is 0 Å². The first-order chi connectivity index (χ1) is 17.1. The van der Waals surface area contributed by atoms with Crippen molar-refractivity contribution in [1.82, 2.24) is 9.97 Å². The maximum Gasteiger partial charge on any atom is 0.153 e. The summed E-state index contributed by atoms with van der Waals surface area (Å²) in [5.41, 5.74) is 4.62. The maximum absolute atomic E-state index is 11.6. The minimum Gasteiger partial charge on any atom is -0.488 e. The Kier molecular flexibility index (Phi) is 7.28. The molecule has 0 radical (unpaired) electrons. The van der Waals surface area contributed by atoms with E-state index in [1.165, 1.54) is 12.3 Å². The van der Waals surface area contributed by atoms with Crippen molar-refractivity contribution >= 4 is 30.0 Å². The van der Waals surface area contributed by atoms with Crippen molar-refractivity contribution in [2.45, 2.75) is 6.61 Å². The van der Waals surface area contributed by atoms with Gasteiger partial charge in [0.05, 0.1) is 22.4 Å². The third-order valence-electron chi connectivity index (χ3n) is 5.17. The van der Waals surface area contributed by atoms with Crippen LogP contribution < -0.4 is 4.74 Å². The Hall–Kier alpha value is -4.78. The van der Waals surface area contributed by atoms with E-state index in [0.717, 1.165) is 11.1 Å². The Labute approximate surface area is 207 Å². The fraction of sp³-hybridized carbons (Fsp3) is 0.0357. The van der Waals surface area contributed by atoms with Crippen LogP contribution in [0.1, 0.15) is 38.3 Å². The highest BCUT2D eigenvalue weighted by atomic mass is 35.5. The Morgan fingerprint density at radius 3 is 2.54 bits per heavy atom. The zero-order chi connectivity index (χ0) is 24.6. The van der Waals surface area contributed by atoms with Crippen LogP contribution in [0.15, 0.2) is 73.2 Å². The van der Waals surface area contributed by atoms with E-state index in [4.69, 9.17) is 21.6 Å². The summed E-state index contributed by atoms with van der Waals surface area (Å²) in [5.74, 6) is 0.331. The third kappa shape index (κ3) is 5.42. The van der Waals surface area contributed by atoms with Gasteiger partial charge in [0.1, 0.15) is 24.5 Å². The second-order valence-corrected chi connectivity index (χ2v) is 7.85. The second-order valence-electron chi connectivity index (χ2n) is 7.44. The molecule has 0 unspecified atom stereocenters. The fourth-order valence-electron chi connectivity index (χ4n) is 3.47. The fourth-order valence-corrected chi connectivity index (χ4v) is 3.70. The molecule has 0 N–H and O–H groups in total. The van der Waals surface area contributed by atoms with Gasteiger partial charge < -0.3 is 4.74 Å². The predicted octanol–water partition coefficient (Wildman–Crippen LogP) is 6.10. The molecule has 0 saturated carbocycles. The van der Waals surface area contributed by atoms with E-state index in [1.807, 2.05) is 36.4 Å². The number of nitrogens with zero attached hydrogens (tertiary/aromatic N) is 4. The van der Waals surface area contributed by atoms with Crippen LogP contribution in [0.4, 0.5) is 0 Å². The lowest BCUT2D eigenvalue weighted by Gasteiger charge is -2.11. The van der Waals surface area contributed by atoms with Gasteiger partial charge in [0, 0.05) is 34.7 Å². The van der Waals surface area contributed by atoms with Crippen LogP contribution in [0.3, 0.4) is 0 Å². The zero-order valence-electron chi connectivity index (χ0n) is 18.4. The van der Waals surface area contributed by atoms with E-state index in [0.29, 0.717) is 50.6 Å². The number of hydrogen-bond acceptors (Lipinski definition) is 6. The molecule has 7 heteroatoms. The van der Waals surface area contributed by atoms with Crippen molar-refractivity contribution < 1.29 is 9.53 Å². The topological polar surface area (TPSA) is 99.7 Å². The molecule has 0 aliphatic carbocycles. The van der Waals surface area contributed by atoms with E-state index in [-0.39, 0.29) is 6.61 Å². The number of hydrogen-bond donors (Lipinski definition) is 0. The minimum atomic E-state index is 0.118. The Morgan fingerprint density at radius 1 is 0.971 bits per heavy atom. The van der Waals surface area contributed by atoms with Gasteiger partial charge >= 0.3 is 0 Å². The van der Waals surface area contributed by atoms with E-state index in [1.54, 1.807) is 42.7 Å². The normalized spacial score (nSPS) is 10.5. The highest BCUT2D eigenvalue weighted by molar-refractivity contribution is 6.32. The molecule has 0 atom stereocenters. The highest BCUT2D eigenvalue weighted by Crippen LogP contribution is 2.30. The molecule has 6 nitrogen and oxygen atoms in total. The molecule has 0 spiro atoms. The Bertz CT molecular complexity index is 1500. The van der Waals surface area contributed by atoms with E-state index in [9.17, 15) is 10.1 Å². The van der Waals surface area contributed by atoms with Gasteiger partial charge in [-0.05, 0) is 41.5 Å². The van der Waals surface area contributed by atoms with Crippen molar-refractivity contribution in [2.75, 3.05) is 0 Å². The summed E-state index contributed by atoms with van der Waals surface area (Å²) >= 11 is 6.41. The van der Waals surface area contributed by atoms with Crippen LogP contribution in [0.2, 0.25) is 5.02 Å². The number of ether oxygens (including phenoxy) is 1. The molecule has 0 bridgehead atoms. The van der Waals surface area contributed by atoms with Crippen molar-refractivity contribution in [1.29, 1.82) is 10.5 Å². The summed E-state index contributed by atoms with van der Waals surface area (Å²) in [5, 5.41) is 19.2. The number of rotatable bonds is 7. The predicted molar refractivity (Wildman–Crippen MR) is 133 cm³/mol. The number of nitriles is 2. The average Bonchev–Trinajstić information content (AvgIpc) is 2.91. The van der Waals surface area contributed by atoms with E-state index < -0.39 is 0 Å². The Morgan fingerprint density at radius 2 is 1.80 bits per heavy atom.